The number of hydrogen-bond donors (Lipinski definition) is 1. The van der Waals surface area contributed by atoms with E-state index in [1.54, 1.807) is 6.07 Å². The van der Waals surface area contributed by atoms with Crippen LogP contribution in [0, 0.1) is 17.7 Å². The first-order valence-electron chi connectivity index (χ1n) is 5.79. The molecule has 1 saturated carbocycles. The molecular weight excluding hydrogens is 241 g/mol. The lowest BCUT2D eigenvalue weighted by molar-refractivity contribution is -0.122. The molecule has 2 nitrogen and oxygen atoms in total. The van der Waals surface area contributed by atoms with Crippen LogP contribution in [0.1, 0.15) is 18.9 Å². The number of amides is 1. The van der Waals surface area contributed by atoms with Crippen molar-refractivity contribution in [2.24, 2.45) is 11.8 Å². The predicted molar refractivity (Wildman–Crippen MR) is 65.4 cm³/mol. The summed E-state index contributed by atoms with van der Waals surface area (Å²) in [6.45, 7) is 2.62. The molecule has 2 atom stereocenters. The topological polar surface area (TPSA) is 29.1 Å². The van der Waals surface area contributed by atoms with Gasteiger partial charge in [-0.15, -0.1) is 0 Å². The molecule has 1 N–H and O–H groups in total. The van der Waals surface area contributed by atoms with Gasteiger partial charge < -0.3 is 5.32 Å². The molecule has 0 heterocycles. The molecular formula is C13H15ClFNO. The van der Waals surface area contributed by atoms with Crippen LogP contribution in [-0.4, -0.2) is 12.5 Å². The van der Waals surface area contributed by atoms with E-state index in [1.165, 1.54) is 12.1 Å². The first kappa shape index (κ1) is 12.4. The van der Waals surface area contributed by atoms with Crippen molar-refractivity contribution in [2.45, 2.75) is 19.8 Å². The van der Waals surface area contributed by atoms with E-state index < -0.39 is 0 Å². The standard InChI is InChI=1S/C13H15ClFNO/c1-8-6-11(8)13(17)16-5-4-9-2-3-10(15)7-12(9)14/h2-3,7-8,11H,4-6H2,1H3,(H,16,17). The van der Waals surface area contributed by atoms with E-state index in [-0.39, 0.29) is 17.6 Å². The van der Waals surface area contributed by atoms with Gasteiger partial charge in [-0.1, -0.05) is 24.6 Å². The highest BCUT2D eigenvalue weighted by Gasteiger charge is 2.38. The SMILES string of the molecule is CC1CC1C(=O)NCCc1ccc(F)cc1Cl. The second kappa shape index (κ2) is 5.05. The van der Waals surface area contributed by atoms with Gasteiger partial charge in [-0.3, -0.25) is 4.79 Å². The summed E-state index contributed by atoms with van der Waals surface area (Å²) >= 11 is 5.89. The molecule has 17 heavy (non-hydrogen) atoms. The Kier molecular flexibility index (Phi) is 3.67. The average molecular weight is 256 g/mol. The van der Waals surface area contributed by atoms with Crippen molar-refractivity contribution in [1.29, 1.82) is 0 Å². The Hall–Kier alpha value is -1.09. The molecule has 0 aliphatic heterocycles. The van der Waals surface area contributed by atoms with E-state index in [4.69, 9.17) is 11.6 Å². The highest BCUT2D eigenvalue weighted by molar-refractivity contribution is 6.31. The van der Waals surface area contributed by atoms with E-state index in [1.807, 2.05) is 0 Å². The second-order valence-electron chi connectivity index (χ2n) is 4.60. The minimum absolute atomic E-state index is 0.121. The highest BCUT2D eigenvalue weighted by Crippen LogP contribution is 2.37. The van der Waals surface area contributed by atoms with E-state index in [2.05, 4.69) is 12.2 Å². The van der Waals surface area contributed by atoms with Crippen LogP contribution in [0.3, 0.4) is 0 Å². The highest BCUT2D eigenvalue weighted by atomic mass is 35.5. The van der Waals surface area contributed by atoms with Crippen molar-refractivity contribution in [3.63, 3.8) is 0 Å². The summed E-state index contributed by atoms with van der Waals surface area (Å²) in [5.41, 5.74) is 0.859. The molecule has 1 fully saturated rings. The summed E-state index contributed by atoms with van der Waals surface area (Å²) in [5, 5.41) is 3.29. The third kappa shape index (κ3) is 3.19. The molecule has 0 bridgehead atoms. The van der Waals surface area contributed by atoms with Crippen LogP contribution >= 0.6 is 11.6 Å². The quantitative estimate of drug-likeness (QED) is 0.881. The summed E-state index contributed by atoms with van der Waals surface area (Å²) in [4.78, 5) is 11.5. The largest absolute Gasteiger partial charge is 0.356 e. The number of hydrogen-bond acceptors (Lipinski definition) is 1. The van der Waals surface area contributed by atoms with Crippen molar-refractivity contribution in [2.75, 3.05) is 6.54 Å². The lowest BCUT2D eigenvalue weighted by Gasteiger charge is -2.06. The first-order chi connectivity index (χ1) is 8.08. The lowest BCUT2D eigenvalue weighted by atomic mass is 10.1. The van der Waals surface area contributed by atoms with Crippen molar-refractivity contribution >= 4 is 17.5 Å². The smallest absolute Gasteiger partial charge is 0.223 e. The minimum Gasteiger partial charge on any atom is -0.356 e. The average Bonchev–Trinajstić information content (AvgIpc) is 2.99. The van der Waals surface area contributed by atoms with E-state index in [9.17, 15) is 9.18 Å². The number of carbonyl (C=O) groups excluding carboxylic acids is 1. The van der Waals surface area contributed by atoms with Crippen LogP contribution in [0.25, 0.3) is 0 Å². The van der Waals surface area contributed by atoms with Crippen LogP contribution in [0.5, 0.6) is 0 Å². The summed E-state index contributed by atoms with van der Waals surface area (Å²) in [7, 11) is 0. The fourth-order valence-electron chi connectivity index (χ4n) is 1.86. The number of carbonyl (C=O) groups is 1. The Balaban J connectivity index is 1.80. The second-order valence-corrected chi connectivity index (χ2v) is 5.00. The van der Waals surface area contributed by atoms with Gasteiger partial charge >= 0.3 is 0 Å². The van der Waals surface area contributed by atoms with Gasteiger partial charge in [0, 0.05) is 17.5 Å². The van der Waals surface area contributed by atoms with E-state index in [0.29, 0.717) is 23.9 Å². The van der Waals surface area contributed by atoms with E-state index >= 15 is 0 Å². The van der Waals surface area contributed by atoms with Gasteiger partial charge in [-0.05, 0) is 36.5 Å². The van der Waals surface area contributed by atoms with Gasteiger partial charge in [0.1, 0.15) is 5.82 Å². The van der Waals surface area contributed by atoms with Crippen LogP contribution in [0.4, 0.5) is 4.39 Å². The lowest BCUT2D eigenvalue weighted by Crippen LogP contribution is -2.27. The van der Waals surface area contributed by atoms with Gasteiger partial charge in [0.15, 0.2) is 0 Å². The van der Waals surface area contributed by atoms with Crippen molar-refractivity contribution in [3.05, 3.63) is 34.6 Å². The Morgan fingerprint density at radius 3 is 2.88 bits per heavy atom. The molecule has 1 aliphatic rings. The summed E-state index contributed by atoms with van der Waals surface area (Å²) in [6, 6.07) is 4.33. The fourth-order valence-corrected chi connectivity index (χ4v) is 2.13. The number of nitrogens with one attached hydrogen (secondary N) is 1. The van der Waals surface area contributed by atoms with Crippen molar-refractivity contribution < 1.29 is 9.18 Å². The van der Waals surface area contributed by atoms with Crippen molar-refractivity contribution in [1.82, 2.24) is 5.32 Å². The molecule has 0 radical (unpaired) electrons. The third-order valence-electron chi connectivity index (χ3n) is 3.15. The Morgan fingerprint density at radius 2 is 2.29 bits per heavy atom. The number of halogens is 2. The van der Waals surface area contributed by atoms with Gasteiger partial charge in [0.2, 0.25) is 5.91 Å². The van der Waals surface area contributed by atoms with E-state index in [0.717, 1.165) is 12.0 Å². The van der Waals surface area contributed by atoms with Crippen LogP contribution in [0.2, 0.25) is 5.02 Å². The number of benzene rings is 1. The van der Waals surface area contributed by atoms with Gasteiger partial charge in [0.05, 0.1) is 0 Å². The maximum absolute atomic E-state index is 12.8. The molecule has 1 aliphatic carbocycles. The molecule has 4 heteroatoms. The maximum Gasteiger partial charge on any atom is 0.223 e. The zero-order valence-corrected chi connectivity index (χ0v) is 10.4. The fraction of sp³-hybridized carbons (Fsp3) is 0.462. The summed E-state index contributed by atoms with van der Waals surface area (Å²) in [5.74, 6) is 0.494. The van der Waals surface area contributed by atoms with Crippen LogP contribution < -0.4 is 5.32 Å². The third-order valence-corrected chi connectivity index (χ3v) is 3.51. The van der Waals surface area contributed by atoms with Gasteiger partial charge in [0.25, 0.3) is 0 Å². The number of rotatable bonds is 4. The minimum atomic E-state index is -0.338. The normalized spacial score (nSPS) is 22.3. The Bertz CT molecular complexity index is 435. The molecule has 1 aromatic rings. The molecule has 2 unspecified atom stereocenters. The Morgan fingerprint density at radius 1 is 1.59 bits per heavy atom. The summed E-state index contributed by atoms with van der Waals surface area (Å²) in [6.07, 6.45) is 1.62. The molecule has 1 amide bonds. The molecule has 2 rings (SSSR count). The molecule has 0 saturated heterocycles. The maximum atomic E-state index is 12.8. The predicted octanol–water partition coefficient (Wildman–Crippen LogP) is 2.79. The van der Waals surface area contributed by atoms with Crippen LogP contribution in [0.15, 0.2) is 18.2 Å². The van der Waals surface area contributed by atoms with Crippen LogP contribution in [-0.2, 0) is 11.2 Å². The zero-order chi connectivity index (χ0) is 12.4. The van der Waals surface area contributed by atoms with Gasteiger partial charge in [-0.2, -0.15) is 0 Å². The molecule has 0 aromatic heterocycles. The van der Waals surface area contributed by atoms with Gasteiger partial charge in [-0.25, -0.2) is 4.39 Å². The molecule has 92 valence electrons. The molecule has 1 aromatic carbocycles. The monoisotopic (exact) mass is 255 g/mol. The zero-order valence-electron chi connectivity index (χ0n) is 9.67. The van der Waals surface area contributed by atoms with Crippen molar-refractivity contribution in [3.8, 4) is 0 Å². The Labute approximate surface area is 105 Å². The molecule has 0 spiro atoms. The summed E-state index contributed by atoms with van der Waals surface area (Å²) < 4.78 is 12.8. The first-order valence-corrected chi connectivity index (χ1v) is 6.17.